The molecule has 0 bridgehead atoms. The van der Waals surface area contributed by atoms with Gasteiger partial charge in [-0.25, -0.2) is 0 Å². The molecule has 0 aromatic heterocycles. The molecule has 0 fully saturated rings. The van der Waals surface area contributed by atoms with E-state index in [2.05, 4.69) is 0 Å². The van der Waals surface area contributed by atoms with Crippen LogP contribution in [0, 0.1) is 51.4 Å². The van der Waals surface area contributed by atoms with Gasteiger partial charge in [0.1, 0.15) is 0 Å². The summed E-state index contributed by atoms with van der Waals surface area (Å²) in [5.41, 5.74) is 0. The predicted octanol–water partition coefficient (Wildman–Crippen LogP) is -0.348. The Morgan fingerprint density at radius 2 is 1.80 bits per heavy atom. The van der Waals surface area contributed by atoms with Gasteiger partial charge < -0.3 is 5.21 Å². The van der Waals surface area contributed by atoms with Crippen molar-refractivity contribution in [3.63, 3.8) is 0 Å². The Labute approximate surface area is 61.2 Å². The molecular formula is HNO3Pr. The van der Waals surface area contributed by atoms with Gasteiger partial charge in [0, 0.05) is 41.3 Å². The largest absolute Gasteiger partial charge is 0.328 e. The molecule has 0 rings (SSSR count). The smallest absolute Gasteiger partial charge is 0.291 e. The average Bonchev–Trinajstić information content (AvgIpc) is 0.811. The van der Waals surface area contributed by atoms with Crippen molar-refractivity contribution in [2.24, 2.45) is 0 Å². The van der Waals surface area contributed by atoms with Crippen LogP contribution >= 0.6 is 0 Å². The van der Waals surface area contributed by atoms with Crippen molar-refractivity contribution in [2.45, 2.75) is 0 Å². The van der Waals surface area contributed by atoms with Crippen LogP contribution in [0.1, 0.15) is 0 Å². The maximum absolute atomic E-state index is 8.36. The van der Waals surface area contributed by atoms with E-state index in [0.29, 0.717) is 0 Å². The second-order valence-corrected chi connectivity index (χ2v) is 0.238. The molecule has 0 aliphatic heterocycles. The summed E-state index contributed by atoms with van der Waals surface area (Å²) in [6.45, 7) is 0. The van der Waals surface area contributed by atoms with E-state index in [0.717, 1.165) is 0 Å². The quantitative estimate of drug-likeness (QED) is 0.433. The number of hydrogen-bond donors (Lipinski definition) is 1. The second-order valence-electron chi connectivity index (χ2n) is 0.238. The monoisotopic (exact) mass is 204 g/mol. The first-order valence-corrected chi connectivity index (χ1v) is 0.565. The van der Waals surface area contributed by atoms with E-state index in [-0.39, 0.29) is 41.3 Å². The third kappa shape index (κ3) is 94.4. The third-order valence-corrected chi connectivity index (χ3v) is 0. The molecule has 0 saturated carbocycles. The van der Waals surface area contributed by atoms with Crippen LogP contribution in [0.15, 0.2) is 0 Å². The molecule has 1 radical (unpaired) electrons. The predicted molar refractivity (Wildman–Crippen MR) is 8.78 cm³/mol. The zero-order valence-electron chi connectivity index (χ0n) is 2.29. The van der Waals surface area contributed by atoms with Crippen molar-refractivity contribution in [1.82, 2.24) is 0 Å². The first-order chi connectivity index (χ1) is 1.73. The third-order valence-electron chi connectivity index (χ3n) is 0. The van der Waals surface area contributed by atoms with Crippen LogP contribution < -0.4 is 0 Å². The molecule has 0 heterocycles. The van der Waals surface area contributed by atoms with Gasteiger partial charge in [-0.3, -0.25) is 0 Å². The topological polar surface area (TPSA) is 63.4 Å². The van der Waals surface area contributed by atoms with Crippen molar-refractivity contribution in [2.75, 3.05) is 0 Å². The standard InChI is InChI=1S/HNO3.Pr/c2-1(3)4;/h(H,2,3,4);. The maximum atomic E-state index is 8.36. The van der Waals surface area contributed by atoms with Crippen LogP contribution in [0.4, 0.5) is 0 Å². The fourth-order valence-corrected chi connectivity index (χ4v) is 0. The van der Waals surface area contributed by atoms with Gasteiger partial charge in [0.25, 0.3) is 5.09 Å². The second kappa shape index (κ2) is 4.56. The average molecular weight is 204 g/mol. The van der Waals surface area contributed by atoms with Crippen LogP contribution in [0.2, 0.25) is 0 Å². The molecule has 27 valence electrons. The van der Waals surface area contributed by atoms with E-state index in [9.17, 15) is 0 Å². The first-order valence-electron chi connectivity index (χ1n) is 0.565. The molecule has 0 spiro atoms. The SMILES string of the molecule is O=[N+]([O-])O.[Pr]. The molecule has 5 heavy (non-hydrogen) atoms. The van der Waals surface area contributed by atoms with Gasteiger partial charge in [0.2, 0.25) is 0 Å². The molecule has 0 atom stereocenters. The molecule has 0 aromatic carbocycles. The van der Waals surface area contributed by atoms with E-state index in [4.69, 9.17) is 15.3 Å². The normalized spacial score (nSPS) is 4.80. The molecule has 0 aromatic rings. The van der Waals surface area contributed by atoms with Crippen molar-refractivity contribution >= 4 is 0 Å². The van der Waals surface area contributed by atoms with Crippen molar-refractivity contribution in [3.05, 3.63) is 10.1 Å². The summed E-state index contributed by atoms with van der Waals surface area (Å²) in [6.07, 6.45) is 0. The first kappa shape index (κ1) is 9.12. The summed E-state index contributed by atoms with van der Waals surface area (Å²) in [5.74, 6) is 0. The van der Waals surface area contributed by atoms with Crippen LogP contribution in [-0.4, -0.2) is 10.3 Å². The Balaban J connectivity index is 0. The Morgan fingerprint density at radius 1 is 1.80 bits per heavy atom. The van der Waals surface area contributed by atoms with E-state index in [1.807, 2.05) is 0 Å². The van der Waals surface area contributed by atoms with E-state index in [1.165, 1.54) is 0 Å². The van der Waals surface area contributed by atoms with Crippen LogP contribution in [0.25, 0.3) is 0 Å². The summed E-state index contributed by atoms with van der Waals surface area (Å²) in [6, 6.07) is 0. The van der Waals surface area contributed by atoms with Crippen LogP contribution in [-0.2, 0) is 0 Å². The molecule has 0 unspecified atom stereocenters. The number of rotatable bonds is 0. The summed E-state index contributed by atoms with van der Waals surface area (Å²) in [5, 5.41) is 13.6. The Bertz CT molecular complexity index is 29.9. The van der Waals surface area contributed by atoms with Crippen molar-refractivity contribution in [3.8, 4) is 0 Å². The Hall–Kier alpha value is 0.564. The molecule has 5 heteroatoms. The van der Waals surface area contributed by atoms with Gasteiger partial charge >= 0.3 is 0 Å². The van der Waals surface area contributed by atoms with Gasteiger partial charge in [-0.1, -0.05) is 0 Å². The minimum Gasteiger partial charge on any atom is -0.328 e. The summed E-state index contributed by atoms with van der Waals surface area (Å²) in [4.78, 5) is 8.36. The zero-order valence-corrected chi connectivity index (χ0v) is 5.99. The van der Waals surface area contributed by atoms with Gasteiger partial charge in [-0.15, -0.1) is 10.1 Å². The number of hydrogen-bond acceptors (Lipinski definition) is 2. The van der Waals surface area contributed by atoms with E-state index in [1.54, 1.807) is 0 Å². The summed E-state index contributed by atoms with van der Waals surface area (Å²) >= 11 is 0. The summed E-state index contributed by atoms with van der Waals surface area (Å²) < 4.78 is 0. The van der Waals surface area contributed by atoms with Gasteiger partial charge in [-0.2, -0.15) is 0 Å². The minimum absolute atomic E-state index is 0. The molecule has 4 nitrogen and oxygen atoms in total. The van der Waals surface area contributed by atoms with Crippen LogP contribution in [0.3, 0.4) is 0 Å². The molecule has 0 amide bonds. The maximum Gasteiger partial charge on any atom is 0.291 e. The summed E-state index contributed by atoms with van der Waals surface area (Å²) in [7, 11) is 0. The van der Waals surface area contributed by atoms with Gasteiger partial charge in [0.05, 0.1) is 0 Å². The fraction of sp³-hybridized carbons (Fsp3) is 0. The van der Waals surface area contributed by atoms with E-state index < -0.39 is 5.09 Å². The number of nitrogens with zero attached hydrogens (tertiary/aromatic N) is 1. The zero-order chi connectivity index (χ0) is 3.58. The van der Waals surface area contributed by atoms with Gasteiger partial charge in [-0.05, 0) is 0 Å². The van der Waals surface area contributed by atoms with E-state index >= 15 is 0 Å². The molecule has 0 aliphatic rings. The Kier molecular flexibility index (Phi) is 8.33. The van der Waals surface area contributed by atoms with Gasteiger partial charge in [0.15, 0.2) is 0 Å². The minimum atomic E-state index is -1.50. The Morgan fingerprint density at radius 3 is 1.80 bits per heavy atom. The molecule has 0 saturated heterocycles. The molecule has 0 aliphatic carbocycles. The molecule has 1 N–H and O–H groups in total. The van der Waals surface area contributed by atoms with Crippen molar-refractivity contribution < 1.29 is 51.6 Å². The van der Waals surface area contributed by atoms with Crippen LogP contribution in [0.5, 0.6) is 0 Å². The fourth-order valence-electron chi connectivity index (χ4n) is 0. The van der Waals surface area contributed by atoms with Crippen molar-refractivity contribution in [1.29, 1.82) is 0 Å². The molecular weight excluding hydrogens is 203 g/mol.